The smallest absolute Gasteiger partial charge is 0.172 e. The number of rotatable bonds is 4. The summed E-state index contributed by atoms with van der Waals surface area (Å²) in [5, 5.41) is 0. The van der Waals surface area contributed by atoms with Crippen LogP contribution >= 0.6 is 0 Å². The summed E-state index contributed by atoms with van der Waals surface area (Å²) >= 11 is 0. The van der Waals surface area contributed by atoms with E-state index in [0.717, 1.165) is 16.8 Å². The van der Waals surface area contributed by atoms with Crippen LogP contribution in [0.2, 0.25) is 0 Å². The van der Waals surface area contributed by atoms with Gasteiger partial charge in [-0.3, -0.25) is 4.79 Å². The van der Waals surface area contributed by atoms with Gasteiger partial charge < -0.3 is 4.90 Å². The molecule has 104 valence electrons. The third-order valence-corrected chi connectivity index (χ3v) is 3.71. The Morgan fingerprint density at radius 3 is 1.95 bits per heavy atom. The Hall–Kier alpha value is -2.09. The second kappa shape index (κ2) is 5.49. The van der Waals surface area contributed by atoms with Gasteiger partial charge in [0.25, 0.3) is 0 Å². The van der Waals surface area contributed by atoms with Gasteiger partial charge in [-0.1, -0.05) is 42.5 Å². The zero-order valence-corrected chi connectivity index (χ0v) is 12.6. The number of nitrogens with zero attached hydrogens (tertiary/aromatic N) is 1. The van der Waals surface area contributed by atoms with Crippen LogP contribution in [0.5, 0.6) is 0 Å². The number of carbonyl (C=O) groups excluding carboxylic acids is 1. The van der Waals surface area contributed by atoms with Gasteiger partial charge in [0.2, 0.25) is 0 Å². The third-order valence-electron chi connectivity index (χ3n) is 3.71. The fourth-order valence-corrected chi connectivity index (χ4v) is 2.26. The first-order valence-corrected chi connectivity index (χ1v) is 6.80. The van der Waals surface area contributed by atoms with Crippen molar-refractivity contribution in [1.82, 2.24) is 0 Å². The van der Waals surface area contributed by atoms with Gasteiger partial charge in [0, 0.05) is 25.3 Å². The minimum atomic E-state index is -0.522. The van der Waals surface area contributed by atoms with Gasteiger partial charge >= 0.3 is 0 Å². The van der Waals surface area contributed by atoms with Gasteiger partial charge in [0.15, 0.2) is 5.78 Å². The molecule has 2 heteroatoms. The maximum absolute atomic E-state index is 12.7. The molecule has 0 N–H and O–H groups in total. The Labute approximate surface area is 121 Å². The lowest BCUT2D eigenvalue weighted by Crippen LogP contribution is -2.29. The van der Waals surface area contributed by atoms with E-state index in [1.54, 1.807) is 0 Å². The van der Waals surface area contributed by atoms with E-state index in [1.165, 1.54) is 0 Å². The summed E-state index contributed by atoms with van der Waals surface area (Å²) in [6.45, 7) is 3.96. The Balaban J connectivity index is 2.32. The van der Waals surface area contributed by atoms with Crippen LogP contribution in [-0.4, -0.2) is 19.9 Å². The highest BCUT2D eigenvalue weighted by molar-refractivity contribution is 6.03. The summed E-state index contributed by atoms with van der Waals surface area (Å²) in [6, 6.07) is 17.7. The first-order valence-electron chi connectivity index (χ1n) is 6.80. The van der Waals surface area contributed by atoms with Crippen LogP contribution in [0.4, 0.5) is 5.69 Å². The van der Waals surface area contributed by atoms with Gasteiger partial charge in [-0.05, 0) is 31.5 Å². The molecule has 0 spiro atoms. The molecule has 0 aliphatic heterocycles. The van der Waals surface area contributed by atoms with Crippen LogP contribution in [0.3, 0.4) is 0 Å². The topological polar surface area (TPSA) is 20.3 Å². The van der Waals surface area contributed by atoms with Crippen molar-refractivity contribution >= 4 is 11.5 Å². The van der Waals surface area contributed by atoms with E-state index in [-0.39, 0.29) is 5.78 Å². The summed E-state index contributed by atoms with van der Waals surface area (Å²) in [4.78, 5) is 14.7. The second-order valence-electron chi connectivity index (χ2n) is 5.76. The molecule has 2 rings (SSSR count). The molecule has 0 saturated carbocycles. The molecule has 0 fully saturated rings. The fourth-order valence-electron chi connectivity index (χ4n) is 2.26. The van der Waals surface area contributed by atoms with Crippen molar-refractivity contribution < 1.29 is 4.79 Å². The summed E-state index contributed by atoms with van der Waals surface area (Å²) in [7, 11) is 4.02. The van der Waals surface area contributed by atoms with E-state index < -0.39 is 5.41 Å². The molecule has 0 aromatic heterocycles. The van der Waals surface area contributed by atoms with Crippen molar-refractivity contribution in [2.75, 3.05) is 19.0 Å². The largest absolute Gasteiger partial charge is 0.378 e. The number of ketones is 1. The van der Waals surface area contributed by atoms with Crippen molar-refractivity contribution in [2.45, 2.75) is 19.3 Å². The Kier molecular flexibility index (Phi) is 3.93. The van der Waals surface area contributed by atoms with Gasteiger partial charge in [-0.25, -0.2) is 0 Å². The molecule has 0 unspecified atom stereocenters. The lowest BCUT2D eigenvalue weighted by Gasteiger charge is -2.24. The van der Waals surface area contributed by atoms with E-state index in [0.29, 0.717) is 0 Å². The SMILES string of the molecule is CN(C)c1ccc(C(C)(C)C(=O)c2ccccc2)cc1. The van der Waals surface area contributed by atoms with Gasteiger partial charge in [0.1, 0.15) is 0 Å². The van der Waals surface area contributed by atoms with Crippen LogP contribution in [-0.2, 0) is 5.41 Å². The van der Waals surface area contributed by atoms with E-state index in [1.807, 2.05) is 70.4 Å². The Morgan fingerprint density at radius 1 is 0.900 bits per heavy atom. The molecule has 0 radical (unpaired) electrons. The Bertz CT molecular complexity index is 583. The van der Waals surface area contributed by atoms with Crippen LogP contribution in [0.25, 0.3) is 0 Å². The number of benzene rings is 2. The lowest BCUT2D eigenvalue weighted by atomic mass is 9.78. The van der Waals surface area contributed by atoms with Gasteiger partial charge in [-0.15, -0.1) is 0 Å². The summed E-state index contributed by atoms with van der Waals surface area (Å²) in [5.41, 5.74) is 2.41. The predicted octanol–water partition coefficient (Wildman–Crippen LogP) is 3.91. The maximum Gasteiger partial charge on any atom is 0.172 e. The molecule has 0 atom stereocenters. The van der Waals surface area contributed by atoms with Gasteiger partial charge in [0.05, 0.1) is 5.41 Å². The normalized spacial score (nSPS) is 11.2. The molecule has 2 nitrogen and oxygen atoms in total. The zero-order chi connectivity index (χ0) is 14.8. The molecule has 0 bridgehead atoms. The molecule has 0 aliphatic rings. The summed E-state index contributed by atoms with van der Waals surface area (Å²) < 4.78 is 0. The van der Waals surface area contributed by atoms with Crippen molar-refractivity contribution in [1.29, 1.82) is 0 Å². The molecular weight excluding hydrogens is 246 g/mol. The van der Waals surface area contributed by atoms with Gasteiger partial charge in [-0.2, -0.15) is 0 Å². The van der Waals surface area contributed by atoms with E-state index in [2.05, 4.69) is 17.0 Å². The van der Waals surface area contributed by atoms with Crippen LogP contribution in [0, 0.1) is 0 Å². The summed E-state index contributed by atoms with van der Waals surface area (Å²) in [5.74, 6) is 0.149. The fraction of sp³-hybridized carbons (Fsp3) is 0.278. The highest BCUT2D eigenvalue weighted by Gasteiger charge is 2.30. The highest BCUT2D eigenvalue weighted by atomic mass is 16.1. The van der Waals surface area contributed by atoms with Crippen LogP contribution < -0.4 is 4.90 Å². The minimum Gasteiger partial charge on any atom is -0.378 e. The van der Waals surface area contributed by atoms with E-state index in [9.17, 15) is 4.79 Å². The molecule has 0 aliphatic carbocycles. The summed E-state index contributed by atoms with van der Waals surface area (Å²) in [6.07, 6.45) is 0. The van der Waals surface area contributed by atoms with E-state index >= 15 is 0 Å². The van der Waals surface area contributed by atoms with Crippen LogP contribution in [0.1, 0.15) is 29.8 Å². The maximum atomic E-state index is 12.7. The predicted molar refractivity (Wildman–Crippen MR) is 84.6 cm³/mol. The molecular formula is C18H21NO. The molecule has 0 heterocycles. The molecule has 2 aromatic rings. The molecule has 20 heavy (non-hydrogen) atoms. The number of hydrogen-bond donors (Lipinski definition) is 0. The Morgan fingerprint density at radius 2 is 1.45 bits per heavy atom. The lowest BCUT2D eigenvalue weighted by molar-refractivity contribution is 0.0909. The average Bonchev–Trinajstić information content (AvgIpc) is 2.47. The molecule has 0 amide bonds. The number of anilines is 1. The first kappa shape index (κ1) is 14.3. The molecule has 0 saturated heterocycles. The standard InChI is InChI=1S/C18H21NO/c1-18(2,17(20)14-8-6-5-7-9-14)15-10-12-16(13-11-15)19(3)4/h5-13H,1-4H3. The van der Waals surface area contributed by atoms with Crippen molar-refractivity contribution in [3.63, 3.8) is 0 Å². The van der Waals surface area contributed by atoms with Crippen molar-refractivity contribution in [2.24, 2.45) is 0 Å². The number of carbonyl (C=O) groups is 1. The van der Waals surface area contributed by atoms with Crippen molar-refractivity contribution in [3.8, 4) is 0 Å². The van der Waals surface area contributed by atoms with E-state index in [4.69, 9.17) is 0 Å². The number of hydrogen-bond acceptors (Lipinski definition) is 2. The first-order chi connectivity index (χ1) is 9.43. The third kappa shape index (κ3) is 2.74. The quantitative estimate of drug-likeness (QED) is 0.783. The average molecular weight is 267 g/mol. The monoisotopic (exact) mass is 267 g/mol. The minimum absolute atomic E-state index is 0.149. The molecule has 2 aromatic carbocycles. The highest BCUT2D eigenvalue weighted by Crippen LogP contribution is 2.29. The number of Topliss-reactive ketones (excluding diaryl/α,β-unsaturated/α-hetero) is 1. The second-order valence-corrected chi connectivity index (χ2v) is 5.76. The zero-order valence-electron chi connectivity index (χ0n) is 12.6. The van der Waals surface area contributed by atoms with Crippen LogP contribution in [0.15, 0.2) is 54.6 Å². The van der Waals surface area contributed by atoms with Crippen molar-refractivity contribution in [3.05, 3.63) is 65.7 Å².